The van der Waals surface area contributed by atoms with Crippen LogP contribution in [-0.2, 0) is 23.7 Å². The zero-order chi connectivity index (χ0) is 12.8. The highest BCUT2D eigenvalue weighted by molar-refractivity contribution is 5.59. The van der Waals surface area contributed by atoms with E-state index >= 15 is 0 Å². The molecule has 0 saturated heterocycles. The minimum atomic E-state index is -0.670. The van der Waals surface area contributed by atoms with Gasteiger partial charge in [0.05, 0.1) is 26.4 Å². The minimum absolute atomic E-state index is 0.209. The van der Waals surface area contributed by atoms with Crippen molar-refractivity contribution in [1.82, 2.24) is 0 Å². The van der Waals surface area contributed by atoms with Crippen LogP contribution in [0.25, 0.3) is 0 Å². The molecule has 0 amide bonds. The van der Waals surface area contributed by atoms with Gasteiger partial charge in [0.25, 0.3) is 0 Å². The van der Waals surface area contributed by atoms with Gasteiger partial charge in [-0.1, -0.05) is 0 Å². The number of rotatable bonds is 11. The van der Waals surface area contributed by atoms with Gasteiger partial charge in [0.1, 0.15) is 6.61 Å². The second-order valence-corrected chi connectivity index (χ2v) is 3.10. The van der Waals surface area contributed by atoms with Gasteiger partial charge < -0.3 is 23.7 Å². The Morgan fingerprint density at radius 1 is 0.882 bits per heavy atom. The smallest absolute Gasteiger partial charge is 0.434 e. The van der Waals surface area contributed by atoms with Crippen LogP contribution in [0.2, 0.25) is 0 Å². The first-order valence-electron chi connectivity index (χ1n) is 5.75. The Balaban J connectivity index is 3.08. The largest absolute Gasteiger partial charge is 0.508 e. The van der Waals surface area contributed by atoms with Crippen molar-refractivity contribution < 1.29 is 28.5 Å². The summed E-state index contributed by atoms with van der Waals surface area (Å²) in [6.45, 7) is 5.19. The van der Waals surface area contributed by atoms with E-state index in [-0.39, 0.29) is 6.61 Å². The molecule has 0 fully saturated rings. The summed E-state index contributed by atoms with van der Waals surface area (Å²) in [5.74, 6) is 0. The van der Waals surface area contributed by atoms with E-state index in [1.807, 2.05) is 6.92 Å². The van der Waals surface area contributed by atoms with Crippen LogP contribution in [0, 0.1) is 0 Å². The summed E-state index contributed by atoms with van der Waals surface area (Å²) in [4.78, 5) is 10.9. The summed E-state index contributed by atoms with van der Waals surface area (Å²) >= 11 is 0. The van der Waals surface area contributed by atoms with Crippen LogP contribution in [0.5, 0.6) is 0 Å². The molecule has 0 radical (unpaired) electrons. The number of methoxy groups -OCH3 is 1. The third-order valence-corrected chi connectivity index (χ3v) is 1.74. The van der Waals surface area contributed by atoms with Gasteiger partial charge in [0.2, 0.25) is 0 Å². The maximum atomic E-state index is 10.9. The van der Waals surface area contributed by atoms with Gasteiger partial charge in [-0.3, -0.25) is 0 Å². The molecule has 0 atom stereocenters. The van der Waals surface area contributed by atoms with Crippen molar-refractivity contribution in [2.24, 2.45) is 0 Å². The van der Waals surface area contributed by atoms with Gasteiger partial charge in [-0.2, -0.15) is 0 Å². The van der Waals surface area contributed by atoms with Crippen LogP contribution in [0.3, 0.4) is 0 Å². The number of carbonyl (C=O) groups is 1. The summed E-state index contributed by atoms with van der Waals surface area (Å²) in [7, 11) is 1.54. The topological polar surface area (TPSA) is 63.2 Å². The maximum Gasteiger partial charge on any atom is 0.508 e. The van der Waals surface area contributed by atoms with Crippen LogP contribution in [0.4, 0.5) is 4.79 Å². The molecule has 6 heteroatoms. The average molecular weight is 250 g/mol. The van der Waals surface area contributed by atoms with Crippen LogP contribution < -0.4 is 0 Å². The monoisotopic (exact) mass is 250 g/mol. The van der Waals surface area contributed by atoms with Crippen molar-refractivity contribution in [3.8, 4) is 0 Å². The number of hydrogen-bond acceptors (Lipinski definition) is 6. The number of carbonyl (C=O) groups excluding carboxylic acids is 1. The molecule has 0 aliphatic rings. The molecule has 0 N–H and O–H groups in total. The highest BCUT2D eigenvalue weighted by Crippen LogP contribution is 1.90. The fourth-order valence-electron chi connectivity index (χ4n) is 0.931. The Labute approximate surface area is 102 Å². The fraction of sp³-hybridized carbons (Fsp3) is 0.909. The Kier molecular flexibility index (Phi) is 12.6. The van der Waals surface area contributed by atoms with Crippen molar-refractivity contribution in [3.63, 3.8) is 0 Å². The lowest BCUT2D eigenvalue weighted by Gasteiger charge is -2.06. The summed E-state index contributed by atoms with van der Waals surface area (Å²) in [6, 6.07) is 0. The predicted molar refractivity (Wildman–Crippen MR) is 61.1 cm³/mol. The molecular weight excluding hydrogens is 228 g/mol. The molecule has 0 spiro atoms. The molecule has 0 unspecified atom stereocenters. The molecule has 0 aromatic carbocycles. The van der Waals surface area contributed by atoms with Crippen LogP contribution in [0.1, 0.15) is 13.3 Å². The fourth-order valence-corrected chi connectivity index (χ4v) is 0.931. The summed E-state index contributed by atoms with van der Waals surface area (Å²) in [6.07, 6.45) is -0.0257. The third kappa shape index (κ3) is 13.1. The van der Waals surface area contributed by atoms with Gasteiger partial charge in [0.15, 0.2) is 0 Å². The molecule has 0 aliphatic heterocycles. The minimum Gasteiger partial charge on any atom is -0.434 e. The predicted octanol–water partition coefficient (Wildman–Crippen LogP) is 1.23. The lowest BCUT2D eigenvalue weighted by Crippen LogP contribution is -2.13. The molecule has 0 aliphatic carbocycles. The van der Waals surface area contributed by atoms with Gasteiger partial charge in [-0.25, -0.2) is 4.79 Å². The van der Waals surface area contributed by atoms with E-state index in [0.717, 1.165) is 0 Å². The first kappa shape index (κ1) is 16.1. The first-order chi connectivity index (χ1) is 8.31. The Bertz CT molecular complexity index is 173. The highest BCUT2D eigenvalue weighted by Gasteiger charge is 2.02. The van der Waals surface area contributed by atoms with Crippen molar-refractivity contribution in [3.05, 3.63) is 0 Å². The van der Waals surface area contributed by atoms with E-state index in [0.29, 0.717) is 46.1 Å². The number of ether oxygens (including phenoxy) is 5. The van der Waals surface area contributed by atoms with Crippen LogP contribution in [-0.4, -0.2) is 59.5 Å². The zero-order valence-corrected chi connectivity index (χ0v) is 10.6. The SMILES string of the molecule is CCOCCOCCCOC(=O)OCCOC. The quantitative estimate of drug-likeness (QED) is 0.406. The first-order valence-corrected chi connectivity index (χ1v) is 5.75. The van der Waals surface area contributed by atoms with Gasteiger partial charge >= 0.3 is 6.16 Å². The van der Waals surface area contributed by atoms with E-state index in [1.165, 1.54) is 7.11 Å². The van der Waals surface area contributed by atoms with Crippen LogP contribution >= 0.6 is 0 Å². The molecule has 0 bridgehead atoms. The molecule has 0 heterocycles. The summed E-state index contributed by atoms with van der Waals surface area (Å²) in [5, 5.41) is 0. The third-order valence-electron chi connectivity index (χ3n) is 1.74. The van der Waals surface area contributed by atoms with E-state index in [9.17, 15) is 4.79 Å². The van der Waals surface area contributed by atoms with E-state index in [4.69, 9.17) is 23.7 Å². The van der Waals surface area contributed by atoms with Gasteiger partial charge in [0, 0.05) is 26.7 Å². The van der Waals surface area contributed by atoms with Gasteiger partial charge in [-0.15, -0.1) is 0 Å². The molecule has 102 valence electrons. The Morgan fingerprint density at radius 3 is 2.29 bits per heavy atom. The van der Waals surface area contributed by atoms with E-state index < -0.39 is 6.16 Å². The van der Waals surface area contributed by atoms with Crippen LogP contribution in [0.15, 0.2) is 0 Å². The molecule has 0 aromatic rings. The highest BCUT2D eigenvalue weighted by atomic mass is 16.7. The standard InChI is InChI=1S/C11H22O6/c1-3-14-8-9-15-5-4-6-16-11(12)17-10-7-13-2/h3-10H2,1-2H3. The molecular formula is C11H22O6. The Hall–Kier alpha value is -0.850. The average Bonchev–Trinajstić information content (AvgIpc) is 2.33. The molecule has 17 heavy (non-hydrogen) atoms. The zero-order valence-electron chi connectivity index (χ0n) is 10.6. The molecule has 0 aromatic heterocycles. The maximum absolute atomic E-state index is 10.9. The van der Waals surface area contributed by atoms with Crippen molar-refractivity contribution in [2.75, 3.05) is 53.4 Å². The van der Waals surface area contributed by atoms with E-state index in [1.54, 1.807) is 0 Å². The van der Waals surface area contributed by atoms with Crippen molar-refractivity contribution >= 4 is 6.16 Å². The van der Waals surface area contributed by atoms with Crippen molar-refractivity contribution in [1.29, 1.82) is 0 Å². The molecule has 6 nitrogen and oxygen atoms in total. The lowest BCUT2D eigenvalue weighted by atomic mass is 10.5. The molecule has 0 saturated carbocycles. The summed E-state index contributed by atoms with van der Waals surface area (Å²) in [5.41, 5.74) is 0. The second-order valence-electron chi connectivity index (χ2n) is 3.10. The summed E-state index contributed by atoms with van der Waals surface area (Å²) < 4.78 is 24.5. The van der Waals surface area contributed by atoms with Gasteiger partial charge in [-0.05, 0) is 6.92 Å². The normalized spacial score (nSPS) is 10.2. The van der Waals surface area contributed by atoms with Crippen molar-refractivity contribution in [2.45, 2.75) is 13.3 Å². The number of hydrogen-bond donors (Lipinski definition) is 0. The van der Waals surface area contributed by atoms with E-state index in [2.05, 4.69) is 0 Å². The molecule has 0 rings (SSSR count). The Morgan fingerprint density at radius 2 is 1.59 bits per heavy atom. The lowest BCUT2D eigenvalue weighted by molar-refractivity contribution is 0.0228. The second kappa shape index (κ2) is 13.2.